The van der Waals surface area contributed by atoms with Gasteiger partial charge in [0.2, 0.25) is 0 Å². The van der Waals surface area contributed by atoms with Gasteiger partial charge in [-0.3, -0.25) is 0 Å². The predicted molar refractivity (Wildman–Crippen MR) is 70.7 cm³/mol. The number of rotatable bonds is 3. The third-order valence-corrected chi connectivity index (χ3v) is 3.63. The van der Waals surface area contributed by atoms with Gasteiger partial charge >= 0.3 is 0 Å². The Bertz CT molecular complexity index is 486. The molecule has 0 saturated carbocycles. The number of piperidine rings is 1. The Labute approximate surface area is 107 Å². The van der Waals surface area contributed by atoms with Crippen molar-refractivity contribution in [3.8, 4) is 5.69 Å². The van der Waals surface area contributed by atoms with Gasteiger partial charge < -0.3 is 5.32 Å². The highest BCUT2D eigenvalue weighted by atomic mass is 15.4. The van der Waals surface area contributed by atoms with E-state index in [1.54, 1.807) is 6.20 Å². The van der Waals surface area contributed by atoms with Crippen LogP contribution in [0, 0.1) is 5.92 Å². The first kappa shape index (κ1) is 11.4. The first-order valence-corrected chi connectivity index (χ1v) is 6.59. The van der Waals surface area contributed by atoms with E-state index >= 15 is 0 Å². The molecular formula is C14H18N4. The van der Waals surface area contributed by atoms with Crippen molar-refractivity contribution in [3.05, 3.63) is 42.2 Å². The highest BCUT2D eigenvalue weighted by Crippen LogP contribution is 2.22. The Kier molecular flexibility index (Phi) is 3.37. The molecule has 4 nitrogen and oxygen atoms in total. The summed E-state index contributed by atoms with van der Waals surface area (Å²) >= 11 is 0. The molecule has 0 aliphatic carbocycles. The summed E-state index contributed by atoms with van der Waals surface area (Å²) in [5.74, 6) is 0.788. The fourth-order valence-electron chi connectivity index (χ4n) is 2.64. The van der Waals surface area contributed by atoms with E-state index in [-0.39, 0.29) is 0 Å². The molecular weight excluding hydrogens is 224 g/mol. The molecule has 1 saturated heterocycles. The highest BCUT2D eigenvalue weighted by molar-refractivity contribution is 5.40. The van der Waals surface area contributed by atoms with Gasteiger partial charge in [0.1, 0.15) is 0 Å². The molecule has 0 amide bonds. The van der Waals surface area contributed by atoms with E-state index in [2.05, 4.69) is 39.9 Å². The molecule has 2 aromatic rings. The molecule has 0 unspecified atom stereocenters. The number of para-hydroxylation sites is 1. The van der Waals surface area contributed by atoms with Crippen molar-refractivity contribution >= 4 is 0 Å². The van der Waals surface area contributed by atoms with E-state index in [4.69, 9.17) is 0 Å². The molecule has 1 aliphatic heterocycles. The summed E-state index contributed by atoms with van der Waals surface area (Å²) < 4.78 is 1.86. The zero-order chi connectivity index (χ0) is 12.2. The molecule has 4 heteroatoms. The Hall–Kier alpha value is -1.68. The van der Waals surface area contributed by atoms with E-state index in [1.807, 2.05) is 10.9 Å². The molecule has 1 fully saturated rings. The number of benzene rings is 1. The number of hydrogen-bond acceptors (Lipinski definition) is 3. The van der Waals surface area contributed by atoms with Gasteiger partial charge in [-0.15, -0.1) is 5.10 Å². The molecule has 0 spiro atoms. The minimum atomic E-state index is 0.788. The standard InChI is InChI=1S/C14H18N4/c1-2-4-14(18-10-9-16-17-18)13(3-1)11-12-5-7-15-8-6-12/h1-4,9-10,12,15H,5-8,11H2. The first-order chi connectivity index (χ1) is 8.93. The summed E-state index contributed by atoms with van der Waals surface area (Å²) in [6.45, 7) is 2.30. The molecule has 94 valence electrons. The van der Waals surface area contributed by atoms with Crippen molar-refractivity contribution in [1.29, 1.82) is 0 Å². The van der Waals surface area contributed by atoms with Gasteiger partial charge in [-0.1, -0.05) is 23.4 Å². The number of hydrogen-bond donors (Lipinski definition) is 1. The second kappa shape index (κ2) is 5.31. The molecule has 3 rings (SSSR count). The van der Waals surface area contributed by atoms with Gasteiger partial charge in [-0.25, -0.2) is 4.68 Å². The molecule has 1 aliphatic rings. The largest absolute Gasteiger partial charge is 0.317 e. The summed E-state index contributed by atoms with van der Waals surface area (Å²) in [6.07, 6.45) is 7.30. The number of nitrogens with one attached hydrogen (secondary N) is 1. The lowest BCUT2D eigenvalue weighted by Gasteiger charge is -2.23. The van der Waals surface area contributed by atoms with Crippen molar-refractivity contribution in [2.75, 3.05) is 13.1 Å². The van der Waals surface area contributed by atoms with Crippen LogP contribution in [0.2, 0.25) is 0 Å². The molecule has 1 aromatic carbocycles. The lowest BCUT2D eigenvalue weighted by atomic mass is 9.90. The van der Waals surface area contributed by atoms with E-state index in [1.165, 1.54) is 18.4 Å². The smallest absolute Gasteiger partial charge is 0.0697 e. The van der Waals surface area contributed by atoms with E-state index in [0.717, 1.165) is 31.1 Å². The third kappa shape index (κ3) is 2.43. The van der Waals surface area contributed by atoms with E-state index in [9.17, 15) is 0 Å². The van der Waals surface area contributed by atoms with Gasteiger partial charge in [0.25, 0.3) is 0 Å². The van der Waals surface area contributed by atoms with Crippen LogP contribution in [0.4, 0.5) is 0 Å². The normalized spacial score (nSPS) is 16.9. The van der Waals surface area contributed by atoms with Crippen LogP contribution < -0.4 is 5.32 Å². The average Bonchev–Trinajstić information content (AvgIpc) is 2.94. The molecule has 1 aromatic heterocycles. The zero-order valence-corrected chi connectivity index (χ0v) is 10.4. The second-order valence-corrected chi connectivity index (χ2v) is 4.87. The maximum absolute atomic E-state index is 4.09. The van der Waals surface area contributed by atoms with E-state index < -0.39 is 0 Å². The van der Waals surface area contributed by atoms with Gasteiger partial charge in [-0.05, 0) is 49.9 Å². The Morgan fingerprint density at radius 2 is 2.06 bits per heavy atom. The Balaban J connectivity index is 1.83. The topological polar surface area (TPSA) is 42.7 Å². The monoisotopic (exact) mass is 242 g/mol. The number of nitrogens with zero attached hydrogens (tertiary/aromatic N) is 3. The Morgan fingerprint density at radius 1 is 1.22 bits per heavy atom. The minimum absolute atomic E-state index is 0.788. The van der Waals surface area contributed by atoms with Crippen LogP contribution in [-0.2, 0) is 6.42 Å². The third-order valence-electron chi connectivity index (χ3n) is 3.63. The maximum atomic E-state index is 4.09. The van der Waals surface area contributed by atoms with Gasteiger partial charge in [0.05, 0.1) is 18.1 Å². The molecule has 0 bridgehead atoms. The number of aromatic nitrogens is 3. The molecule has 1 N–H and O–H groups in total. The molecule has 0 radical (unpaired) electrons. The lowest BCUT2D eigenvalue weighted by Crippen LogP contribution is -2.28. The van der Waals surface area contributed by atoms with Crippen molar-refractivity contribution < 1.29 is 0 Å². The summed E-state index contributed by atoms with van der Waals surface area (Å²) in [4.78, 5) is 0. The van der Waals surface area contributed by atoms with Crippen LogP contribution in [0.25, 0.3) is 5.69 Å². The first-order valence-electron chi connectivity index (χ1n) is 6.59. The van der Waals surface area contributed by atoms with Crippen molar-refractivity contribution in [2.24, 2.45) is 5.92 Å². The van der Waals surface area contributed by atoms with Crippen molar-refractivity contribution in [1.82, 2.24) is 20.3 Å². The van der Waals surface area contributed by atoms with E-state index in [0.29, 0.717) is 0 Å². The predicted octanol–water partition coefficient (Wildman–Crippen LogP) is 1.81. The second-order valence-electron chi connectivity index (χ2n) is 4.87. The van der Waals surface area contributed by atoms with Crippen LogP contribution in [0.3, 0.4) is 0 Å². The summed E-state index contributed by atoms with van der Waals surface area (Å²) in [7, 11) is 0. The molecule has 18 heavy (non-hydrogen) atoms. The fourth-order valence-corrected chi connectivity index (χ4v) is 2.64. The van der Waals surface area contributed by atoms with Crippen LogP contribution in [-0.4, -0.2) is 28.1 Å². The zero-order valence-electron chi connectivity index (χ0n) is 10.4. The van der Waals surface area contributed by atoms with Crippen molar-refractivity contribution in [3.63, 3.8) is 0 Å². The van der Waals surface area contributed by atoms with Gasteiger partial charge in [0, 0.05) is 0 Å². The fraction of sp³-hybridized carbons (Fsp3) is 0.429. The van der Waals surface area contributed by atoms with Crippen LogP contribution in [0.1, 0.15) is 18.4 Å². The maximum Gasteiger partial charge on any atom is 0.0697 e. The van der Waals surface area contributed by atoms with Gasteiger partial charge in [-0.2, -0.15) is 0 Å². The minimum Gasteiger partial charge on any atom is -0.317 e. The van der Waals surface area contributed by atoms with Crippen LogP contribution >= 0.6 is 0 Å². The Morgan fingerprint density at radius 3 is 2.83 bits per heavy atom. The van der Waals surface area contributed by atoms with Gasteiger partial charge in [0.15, 0.2) is 0 Å². The molecule has 0 atom stereocenters. The van der Waals surface area contributed by atoms with Crippen LogP contribution in [0.15, 0.2) is 36.7 Å². The highest BCUT2D eigenvalue weighted by Gasteiger charge is 2.15. The summed E-state index contributed by atoms with van der Waals surface area (Å²) in [6, 6.07) is 8.49. The summed E-state index contributed by atoms with van der Waals surface area (Å²) in [5.41, 5.74) is 2.53. The summed E-state index contributed by atoms with van der Waals surface area (Å²) in [5, 5.41) is 11.4. The van der Waals surface area contributed by atoms with Crippen molar-refractivity contribution in [2.45, 2.75) is 19.3 Å². The molecule has 2 heterocycles. The SMILES string of the molecule is c1ccc(-n2ccnn2)c(CC2CCNCC2)c1. The lowest BCUT2D eigenvalue weighted by molar-refractivity contribution is 0.372. The van der Waals surface area contributed by atoms with Crippen LogP contribution in [0.5, 0.6) is 0 Å². The average molecular weight is 242 g/mol. The quantitative estimate of drug-likeness (QED) is 0.892.